The summed E-state index contributed by atoms with van der Waals surface area (Å²) >= 11 is 0. The Hall–Kier alpha value is -2.68. The minimum Gasteiger partial charge on any atom is -0.388 e. The Labute approximate surface area is 147 Å². The van der Waals surface area contributed by atoms with Gasteiger partial charge in [-0.1, -0.05) is 91.0 Å². The highest BCUT2D eigenvalue weighted by Crippen LogP contribution is 2.51. The predicted octanol–water partition coefficient (Wildman–Crippen LogP) is 4.25. The minimum absolute atomic E-state index is 0.255. The Balaban J connectivity index is 2.00. The lowest BCUT2D eigenvalue weighted by molar-refractivity contribution is 0.0640. The van der Waals surface area contributed by atoms with Gasteiger partial charge in [-0.15, -0.1) is 0 Å². The molecule has 3 aromatic carbocycles. The lowest BCUT2D eigenvalue weighted by Crippen LogP contribution is -2.26. The molecule has 0 aromatic heterocycles. The number of rotatable bonds is 3. The Morgan fingerprint density at radius 3 is 1.72 bits per heavy atom. The number of aliphatic hydroxyl groups is 2. The van der Waals surface area contributed by atoms with E-state index in [1.165, 1.54) is 0 Å². The van der Waals surface area contributed by atoms with E-state index in [9.17, 15) is 10.2 Å². The highest BCUT2D eigenvalue weighted by molar-refractivity contribution is 5.99. The van der Waals surface area contributed by atoms with Crippen LogP contribution in [0.1, 0.15) is 23.1 Å². The summed E-state index contributed by atoms with van der Waals surface area (Å²) in [6, 6.07) is 29.3. The number of hydrogen-bond acceptors (Lipinski definition) is 2. The highest BCUT2D eigenvalue weighted by atomic mass is 16.3. The molecule has 0 unspecified atom stereocenters. The zero-order valence-electron chi connectivity index (χ0n) is 13.8. The van der Waals surface area contributed by atoms with Gasteiger partial charge in [0, 0.05) is 12.0 Å². The van der Waals surface area contributed by atoms with E-state index >= 15 is 0 Å². The summed E-state index contributed by atoms with van der Waals surface area (Å²) in [4.78, 5) is 0. The maximum absolute atomic E-state index is 11.7. The third kappa shape index (κ3) is 2.70. The molecule has 3 aromatic rings. The Morgan fingerprint density at radius 1 is 0.680 bits per heavy atom. The normalized spacial score (nSPS) is 23.0. The van der Waals surface area contributed by atoms with Gasteiger partial charge in [-0.25, -0.2) is 0 Å². The average Bonchev–Trinajstić information content (AvgIpc) is 2.95. The zero-order valence-corrected chi connectivity index (χ0v) is 13.8. The molecule has 0 saturated heterocycles. The number of hydrogen-bond donors (Lipinski definition) is 2. The molecule has 0 fully saturated rings. The van der Waals surface area contributed by atoms with Crippen LogP contribution in [0.3, 0.4) is 0 Å². The molecule has 0 spiro atoms. The van der Waals surface area contributed by atoms with Gasteiger partial charge in [0.15, 0.2) is 0 Å². The molecule has 0 radical (unpaired) electrons. The lowest BCUT2D eigenvalue weighted by atomic mass is 9.82. The molecule has 0 amide bonds. The first-order valence-corrected chi connectivity index (χ1v) is 8.51. The summed E-state index contributed by atoms with van der Waals surface area (Å²) in [5, 5.41) is 22.5. The van der Waals surface area contributed by atoms with Gasteiger partial charge in [0.25, 0.3) is 0 Å². The molecule has 2 N–H and O–H groups in total. The van der Waals surface area contributed by atoms with Crippen LogP contribution < -0.4 is 0 Å². The van der Waals surface area contributed by atoms with Crippen LogP contribution in [0.5, 0.6) is 0 Å². The molecule has 0 heterocycles. The van der Waals surface area contributed by atoms with Gasteiger partial charge in [0.2, 0.25) is 0 Å². The zero-order chi connectivity index (χ0) is 17.3. The van der Waals surface area contributed by atoms with Gasteiger partial charge >= 0.3 is 0 Å². The van der Waals surface area contributed by atoms with E-state index in [4.69, 9.17) is 0 Å². The van der Waals surface area contributed by atoms with E-state index in [0.29, 0.717) is 0 Å². The van der Waals surface area contributed by atoms with E-state index in [0.717, 1.165) is 27.8 Å². The van der Waals surface area contributed by atoms with Crippen molar-refractivity contribution >= 4 is 11.1 Å². The number of aliphatic hydroxyl groups excluding tert-OH is 1. The van der Waals surface area contributed by atoms with E-state index < -0.39 is 11.7 Å². The van der Waals surface area contributed by atoms with Crippen molar-refractivity contribution in [2.45, 2.75) is 18.1 Å². The number of benzene rings is 3. The fraction of sp³-hybridized carbons (Fsp3) is 0.130. The minimum atomic E-state index is -1.22. The second kappa shape index (κ2) is 6.32. The van der Waals surface area contributed by atoms with Crippen molar-refractivity contribution < 1.29 is 10.2 Å². The SMILES string of the molecule is O[C@@H]1C[C@@](O)(c2ccccc2)C(c2ccccc2)=C1c1ccccc1. The van der Waals surface area contributed by atoms with Crippen LogP contribution in [0.2, 0.25) is 0 Å². The van der Waals surface area contributed by atoms with Crippen molar-refractivity contribution in [2.75, 3.05) is 0 Å². The van der Waals surface area contributed by atoms with Crippen molar-refractivity contribution in [3.8, 4) is 0 Å². The van der Waals surface area contributed by atoms with Crippen LogP contribution in [-0.4, -0.2) is 16.3 Å². The summed E-state index contributed by atoms with van der Waals surface area (Å²) in [6.07, 6.45) is -0.464. The Bertz CT molecular complexity index is 885. The van der Waals surface area contributed by atoms with E-state index in [2.05, 4.69) is 0 Å². The molecule has 2 heteroatoms. The summed E-state index contributed by atoms with van der Waals surface area (Å²) in [7, 11) is 0. The monoisotopic (exact) mass is 328 g/mol. The van der Waals surface area contributed by atoms with Gasteiger partial charge in [0.05, 0.1) is 6.10 Å². The highest BCUT2D eigenvalue weighted by Gasteiger charge is 2.46. The molecule has 1 aliphatic rings. The maximum atomic E-state index is 11.7. The largest absolute Gasteiger partial charge is 0.388 e. The van der Waals surface area contributed by atoms with Crippen LogP contribution in [0.15, 0.2) is 91.0 Å². The second-order valence-corrected chi connectivity index (χ2v) is 6.47. The first-order chi connectivity index (χ1) is 12.2. The third-order valence-electron chi connectivity index (χ3n) is 4.90. The molecule has 25 heavy (non-hydrogen) atoms. The predicted molar refractivity (Wildman–Crippen MR) is 101 cm³/mol. The molecule has 0 saturated carbocycles. The van der Waals surface area contributed by atoms with Gasteiger partial charge in [-0.2, -0.15) is 0 Å². The first-order valence-electron chi connectivity index (χ1n) is 8.51. The summed E-state index contributed by atoms with van der Waals surface area (Å²) in [5.74, 6) is 0. The molecule has 1 aliphatic carbocycles. The Kier molecular flexibility index (Phi) is 4.00. The third-order valence-corrected chi connectivity index (χ3v) is 4.90. The van der Waals surface area contributed by atoms with Crippen molar-refractivity contribution in [1.82, 2.24) is 0 Å². The smallest absolute Gasteiger partial charge is 0.118 e. The van der Waals surface area contributed by atoms with Crippen LogP contribution in [-0.2, 0) is 5.60 Å². The molecule has 2 nitrogen and oxygen atoms in total. The summed E-state index contributed by atoms with van der Waals surface area (Å²) in [6.45, 7) is 0. The van der Waals surface area contributed by atoms with Crippen LogP contribution >= 0.6 is 0 Å². The van der Waals surface area contributed by atoms with Crippen molar-refractivity contribution in [3.63, 3.8) is 0 Å². The molecule has 0 aliphatic heterocycles. The summed E-state index contributed by atoms with van der Waals surface area (Å²) in [5.41, 5.74) is 3.06. The van der Waals surface area contributed by atoms with Gasteiger partial charge in [-0.3, -0.25) is 0 Å². The van der Waals surface area contributed by atoms with E-state index in [1.807, 2.05) is 91.0 Å². The molecule has 2 atom stereocenters. The van der Waals surface area contributed by atoms with E-state index in [-0.39, 0.29) is 6.42 Å². The van der Waals surface area contributed by atoms with Crippen LogP contribution in [0.25, 0.3) is 11.1 Å². The lowest BCUT2D eigenvalue weighted by Gasteiger charge is -2.28. The fourth-order valence-electron chi connectivity index (χ4n) is 3.80. The molecule has 4 rings (SSSR count). The molecular weight excluding hydrogens is 308 g/mol. The van der Waals surface area contributed by atoms with Crippen LogP contribution in [0, 0.1) is 0 Å². The topological polar surface area (TPSA) is 40.5 Å². The van der Waals surface area contributed by atoms with Crippen molar-refractivity contribution in [2.24, 2.45) is 0 Å². The average molecular weight is 328 g/mol. The molecule has 0 bridgehead atoms. The molecular formula is C23H20O2. The van der Waals surface area contributed by atoms with Gasteiger partial charge in [0.1, 0.15) is 5.60 Å². The van der Waals surface area contributed by atoms with Crippen LogP contribution in [0.4, 0.5) is 0 Å². The van der Waals surface area contributed by atoms with Gasteiger partial charge in [-0.05, 0) is 22.3 Å². The van der Waals surface area contributed by atoms with Gasteiger partial charge < -0.3 is 10.2 Å². The second-order valence-electron chi connectivity index (χ2n) is 6.47. The maximum Gasteiger partial charge on any atom is 0.118 e. The van der Waals surface area contributed by atoms with Crippen molar-refractivity contribution in [3.05, 3.63) is 108 Å². The summed E-state index contributed by atoms with van der Waals surface area (Å²) < 4.78 is 0. The van der Waals surface area contributed by atoms with E-state index in [1.54, 1.807) is 0 Å². The quantitative estimate of drug-likeness (QED) is 0.754. The fourth-order valence-corrected chi connectivity index (χ4v) is 3.80. The Morgan fingerprint density at radius 2 is 1.16 bits per heavy atom. The standard InChI is InChI=1S/C23H20O2/c24-20-16-23(25,19-14-8-3-9-15-19)22(18-12-6-2-7-13-18)21(20)17-10-4-1-5-11-17/h1-15,20,24-25H,16H2/t20-,23-/m1/s1. The molecule has 124 valence electrons. The first kappa shape index (κ1) is 15.8. The van der Waals surface area contributed by atoms with Crippen molar-refractivity contribution in [1.29, 1.82) is 0 Å².